The molecule has 1 heterocycles. The highest BCUT2D eigenvalue weighted by Gasteiger charge is 2.07. The normalized spacial score (nSPS) is 11.3. The van der Waals surface area contributed by atoms with Crippen LogP contribution in [-0.4, -0.2) is 34.9 Å². The van der Waals surface area contributed by atoms with Crippen molar-refractivity contribution < 1.29 is 9.13 Å². The highest BCUT2D eigenvalue weighted by molar-refractivity contribution is 6.30. The van der Waals surface area contributed by atoms with Gasteiger partial charge in [0.1, 0.15) is 5.82 Å². The van der Waals surface area contributed by atoms with Crippen molar-refractivity contribution in [3.8, 4) is 11.3 Å². The van der Waals surface area contributed by atoms with E-state index >= 15 is 0 Å². The number of halogens is 2. The predicted molar refractivity (Wildman–Crippen MR) is 106 cm³/mol. The zero-order valence-electron chi connectivity index (χ0n) is 15.5. The predicted octanol–water partition coefficient (Wildman–Crippen LogP) is 4.53. The molecule has 0 N–H and O–H groups in total. The van der Waals surface area contributed by atoms with Crippen molar-refractivity contribution in [3.05, 3.63) is 76.7 Å². The van der Waals surface area contributed by atoms with Crippen LogP contribution in [0.3, 0.4) is 0 Å². The molecule has 0 aliphatic heterocycles. The number of rotatable bonds is 8. The summed E-state index contributed by atoms with van der Waals surface area (Å²) in [6.45, 7) is 2.37. The Balaban J connectivity index is 1.42. The van der Waals surface area contributed by atoms with Gasteiger partial charge in [0.25, 0.3) is 0 Å². The minimum Gasteiger partial charge on any atom is -0.375 e. The summed E-state index contributed by atoms with van der Waals surface area (Å²) in [5.41, 5.74) is 3.96. The molecule has 0 amide bonds. The Morgan fingerprint density at radius 1 is 1.15 bits per heavy atom. The maximum atomic E-state index is 13.8. The Kier molecular flexibility index (Phi) is 6.61. The van der Waals surface area contributed by atoms with Crippen LogP contribution in [0.4, 0.5) is 4.39 Å². The number of aryl methyl sites for hydroxylation is 1. The molecule has 3 aromatic rings. The van der Waals surface area contributed by atoms with Crippen LogP contribution < -0.4 is 0 Å². The third-order valence-electron chi connectivity index (χ3n) is 4.41. The summed E-state index contributed by atoms with van der Waals surface area (Å²) in [6, 6.07) is 15.0. The van der Waals surface area contributed by atoms with E-state index in [1.54, 1.807) is 18.3 Å². The molecule has 0 saturated heterocycles. The maximum absolute atomic E-state index is 13.8. The van der Waals surface area contributed by atoms with E-state index in [9.17, 15) is 4.39 Å². The van der Waals surface area contributed by atoms with Crippen molar-refractivity contribution in [2.24, 2.45) is 7.05 Å². The van der Waals surface area contributed by atoms with Crippen molar-refractivity contribution in [2.45, 2.75) is 13.2 Å². The van der Waals surface area contributed by atoms with Gasteiger partial charge >= 0.3 is 0 Å². The summed E-state index contributed by atoms with van der Waals surface area (Å²) in [6.07, 6.45) is 1.79. The zero-order chi connectivity index (χ0) is 19.2. The molecule has 0 saturated carbocycles. The third-order valence-corrected chi connectivity index (χ3v) is 4.65. The van der Waals surface area contributed by atoms with E-state index in [-0.39, 0.29) is 5.82 Å². The van der Waals surface area contributed by atoms with E-state index in [1.165, 1.54) is 6.07 Å². The molecule has 4 nitrogen and oxygen atoms in total. The Labute approximate surface area is 164 Å². The number of likely N-dealkylation sites (N-methyl/N-ethyl adjacent to an activating group) is 1. The Hall–Kier alpha value is -2.21. The van der Waals surface area contributed by atoms with Crippen LogP contribution in [0.1, 0.15) is 11.1 Å². The lowest BCUT2D eigenvalue weighted by atomic mass is 10.1. The summed E-state index contributed by atoms with van der Waals surface area (Å²) in [4.78, 5) is 2.03. The molecule has 0 aliphatic carbocycles. The molecular formula is C21H23ClFN3O. The number of hydrogen-bond donors (Lipinski definition) is 0. The standard InChI is InChI=1S/C21H23ClFN3O/c1-25(14-18-7-8-19(22)13-20(18)23)11-12-27-15-16-3-5-17(6-4-16)21-9-10-24-26(21)2/h3-10,13H,11-12,14-15H2,1-2H3. The van der Waals surface area contributed by atoms with Crippen molar-refractivity contribution >= 4 is 11.6 Å². The van der Waals surface area contributed by atoms with Gasteiger partial charge in [-0.15, -0.1) is 0 Å². The molecule has 0 spiro atoms. The van der Waals surface area contributed by atoms with Gasteiger partial charge in [0, 0.05) is 36.9 Å². The molecule has 2 aromatic carbocycles. The molecule has 6 heteroatoms. The second-order valence-electron chi connectivity index (χ2n) is 6.56. The van der Waals surface area contributed by atoms with E-state index < -0.39 is 0 Å². The van der Waals surface area contributed by atoms with Crippen LogP contribution >= 0.6 is 11.6 Å². The molecule has 142 valence electrons. The highest BCUT2D eigenvalue weighted by Crippen LogP contribution is 2.19. The van der Waals surface area contributed by atoms with Gasteiger partial charge in [-0.1, -0.05) is 41.9 Å². The molecule has 0 fully saturated rings. The number of ether oxygens (including phenoxy) is 1. The minimum absolute atomic E-state index is 0.274. The average Bonchev–Trinajstić information content (AvgIpc) is 3.08. The van der Waals surface area contributed by atoms with Gasteiger partial charge in [0.15, 0.2) is 0 Å². The van der Waals surface area contributed by atoms with E-state index in [0.717, 1.165) is 23.4 Å². The average molecular weight is 388 g/mol. The second-order valence-corrected chi connectivity index (χ2v) is 7.00. The van der Waals surface area contributed by atoms with Crippen molar-refractivity contribution in [1.29, 1.82) is 0 Å². The third kappa shape index (κ3) is 5.39. The monoisotopic (exact) mass is 387 g/mol. The van der Waals surface area contributed by atoms with Gasteiger partial charge in [0.05, 0.1) is 18.9 Å². The first-order valence-corrected chi connectivity index (χ1v) is 9.18. The van der Waals surface area contributed by atoms with Crippen LogP contribution in [0.25, 0.3) is 11.3 Å². The first-order chi connectivity index (χ1) is 13.0. The van der Waals surface area contributed by atoms with Crippen molar-refractivity contribution in [1.82, 2.24) is 14.7 Å². The minimum atomic E-state index is -0.274. The number of benzene rings is 2. The van der Waals surface area contributed by atoms with Crippen LogP contribution in [0, 0.1) is 5.82 Å². The summed E-state index contributed by atoms with van der Waals surface area (Å²) in [5, 5.41) is 4.60. The van der Waals surface area contributed by atoms with Crippen LogP contribution in [-0.2, 0) is 24.9 Å². The molecule has 1 aromatic heterocycles. The first kappa shape index (κ1) is 19.5. The van der Waals surface area contributed by atoms with Gasteiger partial charge < -0.3 is 4.74 Å². The van der Waals surface area contributed by atoms with E-state index in [4.69, 9.17) is 16.3 Å². The van der Waals surface area contributed by atoms with Crippen LogP contribution in [0.5, 0.6) is 0 Å². The van der Waals surface area contributed by atoms with Gasteiger partial charge in [0.2, 0.25) is 0 Å². The fourth-order valence-corrected chi connectivity index (χ4v) is 3.02. The van der Waals surface area contributed by atoms with Gasteiger partial charge in [-0.05, 0) is 36.4 Å². The Morgan fingerprint density at radius 2 is 1.93 bits per heavy atom. The van der Waals surface area contributed by atoms with Crippen LogP contribution in [0.2, 0.25) is 5.02 Å². The lowest BCUT2D eigenvalue weighted by molar-refractivity contribution is 0.0977. The molecule has 3 rings (SSSR count). The molecule has 27 heavy (non-hydrogen) atoms. The lowest BCUT2D eigenvalue weighted by Crippen LogP contribution is -2.23. The fraction of sp³-hybridized carbons (Fsp3) is 0.286. The van der Waals surface area contributed by atoms with Crippen molar-refractivity contribution in [3.63, 3.8) is 0 Å². The fourth-order valence-electron chi connectivity index (χ4n) is 2.86. The summed E-state index contributed by atoms with van der Waals surface area (Å²) >= 11 is 5.78. The molecule has 0 atom stereocenters. The molecule has 0 aliphatic rings. The number of aromatic nitrogens is 2. The number of nitrogens with zero attached hydrogens (tertiary/aromatic N) is 3. The van der Waals surface area contributed by atoms with Crippen molar-refractivity contribution in [2.75, 3.05) is 20.2 Å². The largest absolute Gasteiger partial charge is 0.375 e. The molecule has 0 radical (unpaired) electrons. The quantitative estimate of drug-likeness (QED) is 0.532. The molecule has 0 unspecified atom stereocenters. The Bertz CT molecular complexity index is 879. The summed E-state index contributed by atoms with van der Waals surface area (Å²) in [7, 11) is 3.87. The second kappa shape index (κ2) is 9.13. The summed E-state index contributed by atoms with van der Waals surface area (Å²) in [5.74, 6) is -0.274. The van der Waals surface area contributed by atoms with Gasteiger partial charge in [-0.25, -0.2) is 4.39 Å². The Morgan fingerprint density at radius 3 is 2.59 bits per heavy atom. The number of hydrogen-bond acceptors (Lipinski definition) is 3. The van der Waals surface area contributed by atoms with Gasteiger partial charge in [-0.3, -0.25) is 9.58 Å². The topological polar surface area (TPSA) is 30.3 Å². The van der Waals surface area contributed by atoms with Gasteiger partial charge in [-0.2, -0.15) is 5.10 Å². The first-order valence-electron chi connectivity index (χ1n) is 8.80. The highest BCUT2D eigenvalue weighted by atomic mass is 35.5. The molecule has 0 bridgehead atoms. The van der Waals surface area contributed by atoms with E-state index in [2.05, 4.69) is 29.4 Å². The maximum Gasteiger partial charge on any atom is 0.129 e. The van der Waals surface area contributed by atoms with E-state index in [1.807, 2.05) is 29.7 Å². The van der Waals surface area contributed by atoms with Crippen LogP contribution in [0.15, 0.2) is 54.7 Å². The molecular weight excluding hydrogens is 365 g/mol. The smallest absolute Gasteiger partial charge is 0.129 e. The lowest BCUT2D eigenvalue weighted by Gasteiger charge is -2.17. The summed E-state index contributed by atoms with van der Waals surface area (Å²) < 4.78 is 21.4. The SMILES string of the molecule is CN(CCOCc1ccc(-c2ccnn2C)cc1)Cc1ccc(Cl)cc1F. The van der Waals surface area contributed by atoms with E-state index in [0.29, 0.717) is 30.3 Å². The zero-order valence-corrected chi connectivity index (χ0v) is 16.3.